The van der Waals surface area contributed by atoms with Crippen molar-refractivity contribution in [2.45, 2.75) is 20.8 Å². The third-order valence-corrected chi connectivity index (χ3v) is 0.880. The van der Waals surface area contributed by atoms with E-state index >= 15 is 0 Å². The van der Waals surface area contributed by atoms with Crippen molar-refractivity contribution in [1.82, 2.24) is 0 Å². The van der Waals surface area contributed by atoms with E-state index in [0.717, 1.165) is 5.70 Å². The Labute approximate surface area is 55.8 Å². The van der Waals surface area contributed by atoms with Crippen molar-refractivity contribution in [3.63, 3.8) is 0 Å². The van der Waals surface area contributed by atoms with Gasteiger partial charge in [-0.1, -0.05) is 6.08 Å². The molecule has 9 heavy (non-hydrogen) atoms. The monoisotopic (exact) mass is 124 g/mol. The second-order valence-corrected chi connectivity index (χ2v) is 1.87. The van der Waals surface area contributed by atoms with E-state index in [9.17, 15) is 0 Å². The van der Waals surface area contributed by atoms with E-state index in [1.54, 1.807) is 6.92 Å². The molecular weight excluding hydrogens is 112 g/mol. The molecule has 0 radical (unpaired) electrons. The van der Waals surface area contributed by atoms with Gasteiger partial charge in [0, 0.05) is 17.6 Å². The van der Waals surface area contributed by atoms with Gasteiger partial charge in [-0.15, -0.1) is 0 Å². The van der Waals surface area contributed by atoms with Gasteiger partial charge < -0.3 is 5.41 Å². The molecule has 0 aromatic heterocycles. The molecule has 0 bridgehead atoms. The highest BCUT2D eigenvalue weighted by atomic mass is 14.7. The molecule has 0 aliphatic rings. The first kappa shape index (κ1) is 8.08. The highest BCUT2D eigenvalue weighted by Crippen LogP contribution is 1.90. The lowest BCUT2D eigenvalue weighted by Gasteiger charge is -1.86. The zero-order valence-corrected chi connectivity index (χ0v) is 6.10. The van der Waals surface area contributed by atoms with Crippen LogP contribution in [0, 0.1) is 5.41 Å². The van der Waals surface area contributed by atoms with E-state index < -0.39 is 0 Å². The fourth-order valence-corrected chi connectivity index (χ4v) is 0.273. The van der Waals surface area contributed by atoms with Crippen molar-refractivity contribution in [2.24, 2.45) is 4.99 Å². The molecular formula is C7H12N2. The maximum atomic E-state index is 6.99. The van der Waals surface area contributed by atoms with Crippen LogP contribution in [0.2, 0.25) is 0 Å². The molecule has 0 saturated heterocycles. The first-order valence-electron chi connectivity index (χ1n) is 2.89. The Bertz CT molecular complexity index is 154. The summed E-state index contributed by atoms with van der Waals surface area (Å²) in [6.07, 6.45) is 3.44. The average molecular weight is 124 g/mol. The topological polar surface area (TPSA) is 36.2 Å². The SMILES string of the molecule is CC=C(C)N=CC(C)=N. The van der Waals surface area contributed by atoms with Crippen LogP contribution < -0.4 is 0 Å². The quantitative estimate of drug-likeness (QED) is 0.547. The number of nitrogens with one attached hydrogen (secondary N) is 1. The van der Waals surface area contributed by atoms with Crippen LogP contribution in [0.15, 0.2) is 16.8 Å². The predicted octanol–water partition coefficient (Wildman–Crippen LogP) is 2.02. The Hall–Kier alpha value is -0.920. The van der Waals surface area contributed by atoms with Crippen LogP contribution in [0.5, 0.6) is 0 Å². The number of aliphatic imine (C=N–C) groups is 1. The first-order valence-corrected chi connectivity index (χ1v) is 2.89. The Balaban J connectivity index is 3.86. The molecule has 0 spiro atoms. The summed E-state index contributed by atoms with van der Waals surface area (Å²) in [5.74, 6) is 0. The lowest BCUT2D eigenvalue weighted by Crippen LogP contribution is -1.87. The van der Waals surface area contributed by atoms with Crippen molar-refractivity contribution < 1.29 is 0 Å². The van der Waals surface area contributed by atoms with Gasteiger partial charge in [0.25, 0.3) is 0 Å². The molecule has 50 valence electrons. The summed E-state index contributed by atoms with van der Waals surface area (Å²) in [4.78, 5) is 3.95. The fraction of sp³-hybridized carbons (Fsp3) is 0.429. The molecule has 0 rings (SSSR count). The van der Waals surface area contributed by atoms with Gasteiger partial charge in [0.1, 0.15) is 0 Å². The summed E-state index contributed by atoms with van der Waals surface area (Å²) in [5, 5.41) is 6.99. The largest absolute Gasteiger partial charge is 0.304 e. The Morgan fingerprint density at radius 2 is 2.00 bits per heavy atom. The molecule has 0 aromatic rings. The van der Waals surface area contributed by atoms with Gasteiger partial charge in [0.15, 0.2) is 0 Å². The minimum atomic E-state index is 0.483. The van der Waals surface area contributed by atoms with E-state index in [-0.39, 0.29) is 0 Å². The summed E-state index contributed by atoms with van der Waals surface area (Å²) in [7, 11) is 0. The van der Waals surface area contributed by atoms with Crippen molar-refractivity contribution >= 4 is 11.9 Å². The zero-order valence-electron chi connectivity index (χ0n) is 6.10. The van der Waals surface area contributed by atoms with E-state index in [1.807, 2.05) is 19.9 Å². The number of hydrogen-bond acceptors (Lipinski definition) is 2. The lowest BCUT2D eigenvalue weighted by atomic mass is 10.4. The van der Waals surface area contributed by atoms with Crippen LogP contribution in [0.3, 0.4) is 0 Å². The number of hydrogen-bond donors (Lipinski definition) is 1. The van der Waals surface area contributed by atoms with Gasteiger partial charge in [-0.3, -0.25) is 4.99 Å². The normalized spacial score (nSPS) is 12.6. The average Bonchev–Trinajstić information content (AvgIpc) is 1.83. The molecule has 0 atom stereocenters. The Kier molecular flexibility index (Phi) is 3.60. The number of nitrogens with zero attached hydrogens (tertiary/aromatic N) is 1. The Morgan fingerprint density at radius 1 is 1.44 bits per heavy atom. The smallest absolute Gasteiger partial charge is 0.0476 e. The third kappa shape index (κ3) is 4.94. The van der Waals surface area contributed by atoms with Crippen molar-refractivity contribution in [3.8, 4) is 0 Å². The number of rotatable bonds is 2. The minimum absolute atomic E-state index is 0.483. The van der Waals surface area contributed by atoms with Gasteiger partial charge >= 0.3 is 0 Å². The van der Waals surface area contributed by atoms with Gasteiger partial charge in [-0.05, 0) is 20.8 Å². The summed E-state index contributed by atoms with van der Waals surface area (Å²) in [6, 6.07) is 0. The summed E-state index contributed by atoms with van der Waals surface area (Å²) >= 11 is 0. The molecule has 0 amide bonds. The van der Waals surface area contributed by atoms with E-state index in [0.29, 0.717) is 5.71 Å². The van der Waals surface area contributed by atoms with Gasteiger partial charge in [-0.25, -0.2) is 0 Å². The highest BCUT2D eigenvalue weighted by Gasteiger charge is 1.78. The maximum Gasteiger partial charge on any atom is 0.0476 e. The van der Waals surface area contributed by atoms with Crippen molar-refractivity contribution in [3.05, 3.63) is 11.8 Å². The van der Waals surface area contributed by atoms with Crippen LogP contribution in [0.1, 0.15) is 20.8 Å². The van der Waals surface area contributed by atoms with Crippen LogP contribution in [0.25, 0.3) is 0 Å². The molecule has 2 heteroatoms. The summed E-state index contributed by atoms with van der Waals surface area (Å²) in [5.41, 5.74) is 1.43. The summed E-state index contributed by atoms with van der Waals surface area (Å²) < 4.78 is 0. The molecule has 0 saturated carbocycles. The maximum absolute atomic E-state index is 6.99. The molecule has 2 nitrogen and oxygen atoms in total. The van der Waals surface area contributed by atoms with Crippen LogP contribution in [0.4, 0.5) is 0 Å². The molecule has 0 fully saturated rings. The molecule has 0 aromatic carbocycles. The van der Waals surface area contributed by atoms with Crippen molar-refractivity contribution in [2.75, 3.05) is 0 Å². The van der Waals surface area contributed by atoms with E-state index in [2.05, 4.69) is 4.99 Å². The molecule has 1 N–H and O–H groups in total. The minimum Gasteiger partial charge on any atom is -0.304 e. The first-order chi connectivity index (χ1) is 4.16. The van der Waals surface area contributed by atoms with Crippen LogP contribution >= 0.6 is 0 Å². The molecule has 0 heterocycles. The zero-order chi connectivity index (χ0) is 7.28. The van der Waals surface area contributed by atoms with Gasteiger partial charge in [0.2, 0.25) is 0 Å². The second kappa shape index (κ2) is 4.01. The van der Waals surface area contributed by atoms with Crippen LogP contribution in [-0.4, -0.2) is 11.9 Å². The standard InChI is InChI=1S/C7H12N2/c1-4-7(3)9-5-6(2)8/h4-5,8H,1-3H3. The van der Waals surface area contributed by atoms with Crippen LogP contribution in [-0.2, 0) is 0 Å². The second-order valence-electron chi connectivity index (χ2n) is 1.87. The number of allylic oxidation sites excluding steroid dienone is 2. The summed E-state index contributed by atoms with van der Waals surface area (Å²) in [6.45, 7) is 5.53. The lowest BCUT2D eigenvalue weighted by molar-refractivity contribution is 1.30. The van der Waals surface area contributed by atoms with Gasteiger partial charge in [-0.2, -0.15) is 0 Å². The molecule has 0 unspecified atom stereocenters. The van der Waals surface area contributed by atoms with E-state index in [4.69, 9.17) is 5.41 Å². The van der Waals surface area contributed by atoms with Gasteiger partial charge in [0.05, 0.1) is 0 Å². The Morgan fingerprint density at radius 3 is 2.33 bits per heavy atom. The third-order valence-electron chi connectivity index (χ3n) is 0.880. The van der Waals surface area contributed by atoms with E-state index in [1.165, 1.54) is 6.21 Å². The highest BCUT2D eigenvalue weighted by molar-refractivity contribution is 6.28. The fourth-order valence-electron chi connectivity index (χ4n) is 0.273. The molecule has 0 aliphatic heterocycles. The predicted molar refractivity (Wildman–Crippen MR) is 41.3 cm³/mol. The van der Waals surface area contributed by atoms with Crippen molar-refractivity contribution in [1.29, 1.82) is 5.41 Å². The molecule has 0 aliphatic carbocycles.